The topological polar surface area (TPSA) is 63.7 Å². The predicted octanol–water partition coefficient (Wildman–Crippen LogP) is 3.53. The molecule has 2 heterocycles. The SMILES string of the molecule is CN(Cc1nc(NC(=O)OC(C)(C)C)ccc1C1CCOC1)C1CC1. The monoisotopic (exact) mass is 347 g/mol. The molecule has 1 aromatic heterocycles. The highest BCUT2D eigenvalue weighted by Crippen LogP contribution is 2.31. The number of pyridine rings is 1. The Bertz CT molecular complexity index is 617. The lowest BCUT2D eigenvalue weighted by atomic mass is 9.96. The molecule has 1 saturated carbocycles. The first-order valence-corrected chi connectivity index (χ1v) is 9.09. The number of rotatable bonds is 5. The number of aromatic nitrogens is 1. The molecule has 0 radical (unpaired) electrons. The third kappa shape index (κ3) is 5.16. The van der Waals surface area contributed by atoms with Gasteiger partial charge in [-0.2, -0.15) is 0 Å². The van der Waals surface area contributed by atoms with E-state index in [4.69, 9.17) is 14.5 Å². The Morgan fingerprint density at radius 1 is 1.36 bits per heavy atom. The van der Waals surface area contributed by atoms with E-state index in [0.29, 0.717) is 17.8 Å². The smallest absolute Gasteiger partial charge is 0.413 e. The zero-order valence-electron chi connectivity index (χ0n) is 15.7. The van der Waals surface area contributed by atoms with E-state index in [1.54, 1.807) is 0 Å². The Hall–Kier alpha value is -1.66. The van der Waals surface area contributed by atoms with E-state index in [1.165, 1.54) is 18.4 Å². The van der Waals surface area contributed by atoms with Crippen LogP contribution in [-0.4, -0.2) is 47.9 Å². The van der Waals surface area contributed by atoms with E-state index < -0.39 is 11.7 Å². The molecule has 1 aromatic rings. The summed E-state index contributed by atoms with van der Waals surface area (Å²) in [5.74, 6) is 0.932. The van der Waals surface area contributed by atoms with Gasteiger partial charge in [-0.25, -0.2) is 9.78 Å². The molecule has 1 atom stereocenters. The molecule has 0 aromatic carbocycles. The average Bonchev–Trinajstić information content (AvgIpc) is 3.22. The van der Waals surface area contributed by atoms with Crippen LogP contribution in [0.5, 0.6) is 0 Å². The van der Waals surface area contributed by atoms with Gasteiger partial charge in [0.1, 0.15) is 11.4 Å². The highest BCUT2D eigenvalue weighted by Gasteiger charge is 2.28. The quantitative estimate of drug-likeness (QED) is 0.883. The summed E-state index contributed by atoms with van der Waals surface area (Å²) in [6.07, 6.45) is 3.07. The first kappa shape index (κ1) is 18.1. The third-order valence-electron chi connectivity index (χ3n) is 4.58. The van der Waals surface area contributed by atoms with Crippen LogP contribution >= 0.6 is 0 Å². The number of nitrogens with one attached hydrogen (secondary N) is 1. The van der Waals surface area contributed by atoms with Crippen molar-refractivity contribution in [3.8, 4) is 0 Å². The molecule has 6 heteroatoms. The molecular formula is C19H29N3O3. The third-order valence-corrected chi connectivity index (χ3v) is 4.58. The number of carbonyl (C=O) groups excluding carboxylic acids is 1. The highest BCUT2D eigenvalue weighted by atomic mass is 16.6. The molecule has 25 heavy (non-hydrogen) atoms. The Kier molecular flexibility index (Phi) is 5.29. The van der Waals surface area contributed by atoms with Crippen molar-refractivity contribution in [3.05, 3.63) is 23.4 Å². The summed E-state index contributed by atoms with van der Waals surface area (Å²) in [4.78, 5) is 19.1. The molecule has 0 spiro atoms. The standard InChI is InChI=1S/C19H29N3O3/c1-19(2,3)25-18(23)21-17-8-7-15(13-9-10-24-12-13)16(20-17)11-22(4)14-5-6-14/h7-8,13-14H,5-6,9-12H2,1-4H3,(H,20,21,23). The van der Waals surface area contributed by atoms with Gasteiger partial charge in [-0.1, -0.05) is 6.07 Å². The fraction of sp³-hybridized carbons (Fsp3) is 0.684. The molecule has 6 nitrogen and oxygen atoms in total. The maximum Gasteiger partial charge on any atom is 0.413 e. The molecule has 138 valence electrons. The minimum absolute atomic E-state index is 0.394. The van der Waals surface area contributed by atoms with Crippen molar-refractivity contribution in [3.63, 3.8) is 0 Å². The molecule has 3 rings (SSSR count). The molecule has 1 N–H and O–H groups in total. The average molecular weight is 347 g/mol. The van der Waals surface area contributed by atoms with E-state index in [-0.39, 0.29) is 0 Å². The van der Waals surface area contributed by atoms with Crippen LogP contribution in [0.15, 0.2) is 12.1 Å². The zero-order chi connectivity index (χ0) is 18.0. The van der Waals surface area contributed by atoms with E-state index >= 15 is 0 Å². The van der Waals surface area contributed by atoms with Gasteiger partial charge < -0.3 is 9.47 Å². The molecule has 1 aliphatic carbocycles. The van der Waals surface area contributed by atoms with Crippen LogP contribution in [0.4, 0.5) is 10.6 Å². The molecule has 1 saturated heterocycles. The van der Waals surface area contributed by atoms with E-state index in [1.807, 2.05) is 26.8 Å². The van der Waals surface area contributed by atoms with Crippen molar-refractivity contribution >= 4 is 11.9 Å². The summed E-state index contributed by atoms with van der Waals surface area (Å²) in [6.45, 7) is 7.89. The summed E-state index contributed by atoms with van der Waals surface area (Å²) < 4.78 is 10.9. The normalized spacial score (nSPS) is 20.8. The van der Waals surface area contributed by atoms with Crippen molar-refractivity contribution in [1.29, 1.82) is 0 Å². The number of amides is 1. The number of hydrogen-bond donors (Lipinski definition) is 1. The van der Waals surface area contributed by atoms with Gasteiger partial charge in [0.15, 0.2) is 0 Å². The first-order chi connectivity index (χ1) is 11.8. The van der Waals surface area contributed by atoms with Crippen molar-refractivity contribution in [2.45, 2.75) is 64.1 Å². The second-order valence-corrected chi connectivity index (χ2v) is 8.07. The summed E-state index contributed by atoms with van der Waals surface area (Å²) in [5, 5.41) is 2.75. The lowest BCUT2D eigenvalue weighted by Gasteiger charge is -2.22. The van der Waals surface area contributed by atoms with E-state index in [9.17, 15) is 4.79 Å². The van der Waals surface area contributed by atoms with Crippen molar-refractivity contribution in [2.24, 2.45) is 0 Å². The molecule has 2 aliphatic rings. The molecule has 1 amide bonds. The minimum Gasteiger partial charge on any atom is -0.444 e. The van der Waals surface area contributed by atoms with Crippen LogP contribution in [-0.2, 0) is 16.0 Å². The van der Waals surface area contributed by atoms with Crippen LogP contribution in [0.2, 0.25) is 0 Å². The van der Waals surface area contributed by atoms with Crippen molar-refractivity contribution in [1.82, 2.24) is 9.88 Å². The molecule has 1 unspecified atom stereocenters. The number of ether oxygens (including phenoxy) is 2. The molecule has 1 aliphatic heterocycles. The lowest BCUT2D eigenvalue weighted by molar-refractivity contribution is 0.0635. The molecular weight excluding hydrogens is 318 g/mol. The lowest BCUT2D eigenvalue weighted by Crippen LogP contribution is -2.28. The predicted molar refractivity (Wildman–Crippen MR) is 96.8 cm³/mol. The summed E-state index contributed by atoms with van der Waals surface area (Å²) in [6, 6.07) is 4.60. The molecule has 2 fully saturated rings. The summed E-state index contributed by atoms with van der Waals surface area (Å²) in [5.41, 5.74) is 1.73. The van der Waals surface area contributed by atoms with Crippen LogP contribution < -0.4 is 5.32 Å². The Labute approximate surface area is 149 Å². The maximum atomic E-state index is 12.0. The summed E-state index contributed by atoms with van der Waals surface area (Å²) >= 11 is 0. The largest absolute Gasteiger partial charge is 0.444 e. The first-order valence-electron chi connectivity index (χ1n) is 9.09. The van der Waals surface area contributed by atoms with Crippen LogP contribution in [0.3, 0.4) is 0 Å². The van der Waals surface area contributed by atoms with Gasteiger partial charge in [0, 0.05) is 25.1 Å². The Balaban J connectivity index is 1.76. The highest BCUT2D eigenvalue weighted by molar-refractivity contribution is 5.83. The van der Waals surface area contributed by atoms with Crippen LogP contribution in [0, 0.1) is 0 Å². The van der Waals surface area contributed by atoms with Gasteiger partial charge in [-0.15, -0.1) is 0 Å². The van der Waals surface area contributed by atoms with Gasteiger partial charge in [-0.05, 0) is 58.7 Å². The second-order valence-electron chi connectivity index (χ2n) is 8.07. The van der Waals surface area contributed by atoms with Gasteiger partial charge >= 0.3 is 6.09 Å². The fourth-order valence-electron chi connectivity index (χ4n) is 3.15. The maximum absolute atomic E-state index is 12.0. The Morgan fingerprint density at radius 2 is 2.12 bits per heavy atom. The number of anilines is 1. The minimum atomic E-state index is -0.528. The number of nitrogens with zero attached hydrogens (tertiary/aromatic N) is 2. The Morgan fingerprint density at radius 3 is 2.72 bits per heavy atom. The van der Waals surface area contributed by atoms with Gasteiger partial charge in [0.2, 0.25) is 0 Å². The van der Waals surface area contributed by atoms with E-state index in [2.05, 4.69) is 23.3 Å². The number of hydrogen-bond acceptors (Lipinski definition) is 5. The van der Waals surface area contributed by atoms with Crippen LogP contribution in [0.1, 0.15) is 57.2 Å². The summed E-state index contributed by atoms with van der Waals surface area (Å²) in [7, 11) is 2.14. The van der Waals surface area contributed by atoms with E-state index in [0.717, 1.165) is 31.9 Å². The fourth-order valence-corrected chi connectivity index (χ4v) is 3.15. The van der Waals surface area contributed by atoms with Crippen LogP contribution in [0.25, 0.3) is 0 Å². The van der Waals surface area contributed by atoms with Crippen molar-refractivity contribution < 1.29 is 14.3 Å². The van der Waals surface area contributed by atoms with Crippen molar-refractivity contribution in [2.75, 3.05) is 25.6 Å². The zero-order valence-corrected chi connectivity index (χ0v) is 15.7. The van der Waals surface area contributed by atoms with Gasteiger partial charge in [0.25, 0.3) is 0 Å². The number of carbonyl (C=O) groups is 1. The molecule has 0 bridgehead atoms. The van der Waals surface area contributed by atoms with Gasteiger partial charge in [0.05, 0.1) is 12.3 Å². The second kappa shape index (κ2) is 7.30. The van der Waals surface area contributed by atoms with Gasteiger partial charge in [-0.3, -0.25) is 10.2 Å².